The normalized spacial score (nSPS) is 12.5. The third-order valence-electron chi connectivity index (χ3n) is 2.53. The highest BCUT2D eigenvalue weighted by molar-refractivity contribution is 5.29. The Morgan fingerprint density at radius 3 is 2.41 bits per heavy atom. The Kier molecular flexibility index (Phi) is 5.78. The monoisotopic (exact) mass is 233 g/mol. The molecule has 1 rings (SSSR count). The van der Waals surface area contributed by atoms with Gasteiger partial charge in [0, 0.05) is 12.6 Å². The second-order valence-electron chi connectivity index (χ2n) is 4.69. The van der Waals surface area contributed by atoms with Crippen LogP contribution in [0.1, 0.15) is 32.4 Å². The summed E-state index contributed by atoms with van der Waals surface area (Å²) in [5, 5.41) is 3.36. The average molecular weight is 233 g/mol. The van der Waals surface area contributed by atoms with Gasteiger partial charge < -0.3 is 10.1 Å². The quantitative estimate of drug-likeness (QED) is 0.727. The molecule has 0 aromatic heterocycles. The summed E-state index contributed by atoms with van der Waals surface area (Å²) < 4.78 is 5.65. The summed E-state index contributed by atoms with van der Waals surface area (Å²) >= 11 is 0. The van der Waals surface area contributed by atoms with Crippen LogP contribution in [0.15, 0.2) is 36.9 Å². The van der Waals surface area contributed by atoms with Gasteiger partial charge in [0.2, 0.25) is 0 Å². The number of benzene rings is 1. The fourth-order valence-corrected chi connectivity index (χ4v) is 1.49. The minimum atomic E-state index is 0.340. The van der Waals surface area contributed by atoms with Gasteiger partial charge in [0.1, 0.15) is 5.75 Å². The van der Waals surface area contributed by atoms with Crippen LogP contribution in [0.5, 0.6) is 5.75 Å². The van der Waals surface area contributed by atoms with Crippen LogP contribution in [0.2, 0.25) is 0 Å². The molecule has 2 heteroatoms. The molecule has 0 spiro atoms. The molecule has 0 saturated carbocycles. The fraction of sp³-hybridized carbons (Fsp3) is 0.467. The molecule has 0 amide bonds. The van der Waals surface area contributed by atoms with Crippen LogP contribution in [0.25, 0.3) is 0 Å². The molecule has 94 valence electrons. The van der Waals surface area contributed by atoms with Crippen molar-refractivity contribution in [3.05, 3.63) is 42.5 Å². The number of rotatable bonds is 7. The number of hydrogen-bond donors (Lipinski definition) is 1. The van der Waals surface area contributed by atoms with Crippen LogP contribution in [-0.2, 0) is 0 Å². The van der Waals surface area contributed by atoms with E-state index in [0.29, 0.717) is 12.0 Å². The van der Waals surface area contributed by atoms with Crippen LogP contribution < -0.4 is 10.1 Å². The van der Waals surface area contributed by atoms with Gasteiger partial charge in [-0.15, -0.1) is 6.58 Å². The lowest BCUT2D eigenvalue weighted by Gasteiger charge is -2.14. The molecule has 1 aromatic rings. The third-order valence-corrected chi connectivity index (χ3v) is 2.53. The molecule has 1 aromatic carbocycles. The number of hydrogen-bond acceptors (Lipinski definition) is 2. The molecule has 1 N–H and O–H groups in total. The molecule has 0 aliphatic heterocycles. The maximum atomic E-state index is 5.65. The van der Waals surface area contributed by atoms with E-state index in [4.69, 9.17) is 4.74 Å². The lowest BCUT2D eigenvalue weighted by Crippen LogP contribution is -2.18. The summed E-state index contributed by atoms with van der Waals surface area (Å²) in [6, 6.07) is 8.62. The largest absolute Gasteiger partial charge is 0.493 e. The van der Waals surface area contributed by atoms with E-state index in [1.807, 2.05) is 18.2 Å². The molecule has 0 radical (unpaired) electrons. The first kappa shape index (κ1) is 13.8. The Hall–Kier alpha value is -1.28. The lowest BCUT2D eigenvalue weighted by molar-refractivity contribution is 0.271. The van der Waals surface area contributed by atoms with E-state index in [9.17, 15) is 0 Å². The smallest absolute Gasteiger partial charge is 0.119 e. The molecular weight excluding hydrogens is 210 g/mol. The highest BCUT2D eigenvalue weighted by Crippen LogP contribution is 2.17. The van der Waals surface area contributed by atoms with Gasteiger partial charge >= 0.3 is 0 Å². The third kappa shape index (κ3) is 5.05. The Labute approximate surface area is 105 Å². The van der Waals surface area contributed by atoms with Gasteiger partial charge in [-0.25, -0.2) is 0 Å². The van der Waals surface area contributed by atoms with Gasteiger partial charge in [-0.1, -0.05) is 32.1 Å². The van der Waals surface area contributed by atoms with E-state index in [0.717, 1.165) is 18.9 Å². The molecule has 0 heterocycles. The van der Waals surface area contributed by atoms with Crippen molar-refractivity contribution in [3.8, 4) is 5.75 Å². The summed E-state index contributed by atoms with van der Waals surface area (Å²) in [6.07, 6.45) is 1.87. The SMILES string of the molecule is C=CCNC(C)c1ccc(OCC(C)C)cc1. The summed E-state index contributed by atoms with van der Waals surface area (Å²) in [5.74, 6) is 1.50. The van der Waals surface area contributed by atoms with Crippen molar-refractivity contribution in [1.29, 1.82) is 0 Å². The van der Waals surface area contributed by atoms with Gasteiger partial charge in [-0.2, -0.15) is 0 Å². The summed E-state index contributed by atoms with van der Waals surface area (Å²) in [5.41, 5.74) is 1.27. The van der Waals surface area contributed by atoms with E-state index in [2.05, 4.69) is 44.8 Å². The van der Waals surface area contributed by atoms with Gasteiger partial charge in [0.05, 0.1) is 6.61 Å². The van der Waals surface area contributed by atoms with Gasteiger partial charge in [-0.3, -0.25) is 0 Å². The maximum Gasteiger partial charge on any atom is 0.119 e. The minimum Gasteiger partial charge on any atom is -0.493 e. The Morgan fingerprint density at radius 2 is 1.88 bits per heavy atom. The first-order valence-corrected chi connectivity index (χ1v) is 6.20. The van der Waals surface area contributed by atoms with E-state index >= 15 is 0 Å². The Bertz CT molecular complexity index is 329. The predicted molar refractivity (Wildman–Crippen MR) is 73.4 cm³/mol. The summed E-state index contributed by atoms with van der Waals surface area (Å²) in [7, 11) is 0. The van der Waals surface area contributed by atoms with Crippen molar-refractivity contribution in [2.75, 3.05) is 13.2 Å². The zero-order chi connectivity index (χ0) is 12.7. The predicted octanol–water partition coefficient (Wildman–Crippen LogP) is 3.56. The van der Waals surface area contributed by atoms with E-state index < -0.39 is 0 Å². The molecule has 1 unspecified atom stereocenters. The van der Waals surface area contributed by atoms with Crippen LogP contribution >= 0.6 is 0 Å². The molecule has 0 fully saturated rings. The van der Waals surface area contributed by atoms with Gasteiger partial charge in [0.25, 0.3) is 0 Å². The topological polar surface area (TPSA) is 21.3 Å². The maximum absolute atomic E-state index is 5.65. The zero-order valence-corrected chi connectivity index (χ0v) is 11.1. The van der Waals surface area contributed by atoms with Crippen molar-refractivity contribution in [2.45, 2.75) is 26.8 Å². The molecular formula is C15H23NO. The van der Waals surface area contributed by atoms with Crippen molar-refractivity contribution < 1.29 is 4.74 Å². The standard InChI is InChI=1S/C15H23NO/c1-5-10-16-13(4)14-6-8-15(9-7-14)17-11-12(2)3/h5-9,12-13,16H,1,10-11H2,2-4H3. The first-order valence-electron chi connectivity index (χ1n) is 6.20. The van der Waals surface area contributed by atoms with E-state index in [1.54, 1.807) is 0 Å². The van der Waals surface area contributed by atoms with Crippen LogP contribution in [0, 0.1) is 5.92 Å². The lowest BCUT2D eigenvalue weighted by atomic mass is 10.1. The van der Waals surface area contributed by atoms with Crippen molar-refractivity contribution in [1.82, 2.24) is 5.32 Å². The summed E-state index contributed by atoms with van der Waals surface area (Å²) in [4.78, 5) is 0. The summed E-state index contributed by atoms with van der Waals surface area (Å²) in [6.45, 7) is 11.7. The van der Waals surface area contributed by atoms with E-state index in [-0.39, 0.29) is 0 Å². The zero-order valence-electron chi connectivity index (χ0n) is 11.1. The first-order chi connectivity index (χ1) is 8.13. The molecule has 2 nitrogen and oxygen atoms in total. The number of nitrogens with one attached hydrogen (secondary N) is 1. The van der Waals surface area contributed by atoms with Crippen molar-refractivity contribution in [2.24, 2.45) is 5.92 Å². The average Bonchev–Trinajstić information content (AvgIpc) is 2.34. The molecule has 0 saturated heterocycles. The Morgan fingerprint density at radius 1 is 1.24 bits per heavy atom. The molecule has 17 heavy (non-hydrogen) atoms. The molecule has 0 aliphatic rings. The highest BCUT2D eigenvalue weighted by atomic mass is 16.5. The number of ether oxygens (including phenoxy) is 1. The van der Waals surface area contributed by atoms with E-state index in [1.165, 1.54) is 5.56 Å². The minimum absolute atomic E-state index is 0.340. The second kappa shape index (κ2) is 7.13. The van der Waals surface area contributed by atoms with Gasteiger partial charge in [0.15, 0.2) is 0 Å². The van der Waals surface area contributed by atoms with Gasteiger partial charge in [-0.05, 0) is 30.5 Å². The highest BCUT2D eigenvalue weighted by Gasteiger charge is 2.04. The van der Waals surface area contributed by atoms with Crippen molar-refractivity contribution >= 4 is 0 Å². The van der Waals surface area contributed by atoms with Crippen LogP contribution in [-0.4, -0.2) is 13.2 Å². The van der Waals surface area contributed by atoms with Crippen LogP contribution in [0.4, 0.5) is 0 Å². The molecule has 0 bridgehead atoms. The second-order valence-corrected chi connectivity index (χ2v) is 4.69. The Balaban J connectivity index is 2.51. The molecule has 1 atom stereocenters. The van der Waals surface area contributed by atoms with Crippen LogP contribution in [0.3, 0.4) is 0 Å². The fourth-order valence-electron chi connectivity index (χ4n) is 1.49. The molecule has 0 aliphatic carbocycles. The van der Waals surface area contributed by atoms with Crippen molar-refractivity contribution in [3.63, 3.8) is 0 Å².